The molecular formula is C14H28N2O2. The summed E-state index contributed by atoms with van der Waals surface area (Å²) in [5, 5.41) is 3.36. The zero-order valence-electron chi connectivity index (χ0n) is 12.2. The van der Waals surface area contributed by atoms with Crippen molar-refractivity contribution in [3.8, 4) is 0 Å². The first-order valence-electron chi connectivity index (χ1n) is 7.20. The fourth-order valence-corrected chi connectivity index (χ4v) is 2.30. The van der Waals surface area contributed by atoms with Gasteiger partial charge in [0.05, 0.1) is 18.8 Å². The Morgan fingerprint density at radius 2 is 2.11 bits per heavy atom. The minimum absolute atomic E-state index is 0.00404. The van der Waals surface area contributed by atoms with Crippen LogP contribution >= 0.6 is 0 Å². The molecule has 0 bridgehead atoms. The predicted octanol–water partition coefficient (Wildman–Crippen LogP) is 2.00. The van der Waals surface area contributed by atoms with Gasteiger partial charge in [0.2, 0.25) is 5.91 Å². The zero-order valence-corrected chi connectivity index (χ0v) is 12.2. The van der Waals surface area contributed by atoms with Gasteiger partial charge in [-0.15, -0.1) is 0 Å². The third-order valence-corrected chi connectivity index (χ3v) is 3.32. The van der Waals surface area contributed by atoms with E-state index in [0.29, 0.717) is 19.1 Å². The predicted molar refractivity (Wildman–Crippen MR) is 73.3 cm³/mol. The van der Waals surface area contributed by atoms with Gasteiger partial charge in [0.1, 0.15) is 0 Å². The Balaban J connectivity index is 2.30. The summed E-state index contributed by atoms with van der Waals surface area (Å²) in [5.41, 5.74) is 0. The number of nitrogens with one attached hydrogen (secondary N) is 1. The average Bonchev–Trinajstić information content (AvgIpc) is 2.55. The first-order valence-corrected chi connectivity index (χ1v) is 7.20. The lowest BCUT2D eigenvalue weighted by Crippen LogP contribution is -2.37. The van der Waals surface area contributed by atoms with Crippen LogP contribution in [0.2, 0.25) is 0 Å². The molecule has 0 aromatic rings. The minimum atomic E-state index is -0.00404. The molecule has 0 aromatic heterocycles. The quantitative estimate of drug-likeness (QED) is 0.675. The van der Waals surface area contributed by atoms with E-state index in [4.69, 9.17) is 4.74 Å². The molecular weight excluding hydrogens is 228 g/mol. The summed E-state index contributed by atoms with van der Waals surface area (Å²) in [7, 11) is 0. The molecule has 0 aliphatic carbocycles. The zero-order chi connectivity index (χ0) is 13.5. The summed E-state index contributed by atoms with van der Waals surface area (Å²) >= 11 is 0. The SMILES string of the molecule is CCCCOCCN1C(=O)C(CC(C)C)NC1C. The summed E-state index contributed by atoms with van der Waals surface area (Å²) in [4.78, 5) is 14.1. The number of hydrogen-bond donors (Lipinski definition) is 1. The first kappa shape index (κ1) is 15.4. The van der Waals surface area contributed by atoms with Crippen molar-refractivity contribution in [1.82, 2.24) is 10.2 Å². The molecule has 1 saturated heterocycles. The fraction of sp³-hybridized carbons (Fsp3) is 0.929. The molecule has 0 saturated carbocycles. The molecule has 2 unspecified atom stereocenters. The van der Waals surface area contributed by atoms with Gasteiger partial charge in [0.15, 0.2) is 0 Å². The van der Waals surface area contributed by atoms with E-state index in [-0.39, 0.29) is 18.1 Å². The molecule has 1 aliphatic heterocycles. The average molecular weight is 256 g/mol. The number of carbonyl (C=O) groups excluding carboxylic acids is 1. The van der Waals surface area contributed by atoms with Gasteiger partial charge in [-0.1, -0.05) is 27.2 Å². The van der Waals surface area contributed by atoms with Crippen LogP contribution in [0.1, 0.15) is 47.0 Å². The number of nitrogens with zero attached hydrogens (tertiary/aromatic N) is 1. The van der Waals surface area contributed by atoms with E-state index in [1.807, 2.05) is 11.8 Å². The van der Waals surface area contributed by atoms with Crippen LogP contribution in [0.5, 0.6) is 0 Å². The maximum Gasteiger partial charge on any atom is 0.241 e. The van der Waals surface area contributed by atoms with Crippen LogP contribution in [0.3, 0.4) is 0 Å². The summed E-state index contributed by atoms with van der Waals surface area (Å²) in [6.07, 6.45) is 3.29. The Labute approximate surface area is 111 Å². The summed E-state index contributed by atoms with van der Waals surface area (Å²) < 4.78 is 5.53. The Morgan fingerprint density at radius 3 is 2.72 bits per heavy atom. The highest BCUT2D eigenvalue weighted by Crippen LogP contribution is 2.16. The second kappa shape index (κ2) is 7.74. The number of rotatable bonds is 8. The van der Waals surface area contributed by atoms with Crippen molar-refractivity contribution in [2.24, 2.45) is 5.92 Å². The molecule has 106 valence electrons. The van der Waals surface area contributed by atoms with Crippen LogP contribution < -0.4 is 5.32 Å². The normalized spacial score (nSPS) is 24.3. The smallest absolute Gasteiger partial charge is 0.241 e. The maximum absolute atomic E-state index is 12.2. The third kappa shape index (κ3) is 4.58. The fourth-order valence-electron chi connectivity index (χ4n) is 2.30. The lowest BCUT2D eigenvalue weighted by atomic mass is 10.0. The number of hydrogen-bond acceptors (Lipinski definition) is 3. The first-order chi connectivity index (χ1) is 8.56. The van der Waals surface area contributed by atoms with Crippen LogP contribution in [0.4, 0.5) is 0 Å². The Hall–Kier alpha value is -0.610. The van der Waals surface area contributed by atoms with Crippen molar-refractivity contribution < 1.29 is 9.53 Å². The molecule has 4 heteroatoms. The van der Waals surface area contributed by atoms with E-state index in [9.17, 15) is 4.79 Å². The van der Waals surface area contributed by atoms with Gasteiger partial charge in [-0.05, 0) is 25.7 Å². The van der Waals surface area contributed by atoms with Crippen LogP contribution in [0, 0.1) is 5.92 Å². The molecule has 0 spiro atoms. The number of unbranched alkanes of at least 4 members (excludes halogenated alkanes) is 1. The lowest BCUT2D eigenvalue weighted by Gasteiger charge is -2.20. The van der Waals surface area contributed by atoms with Gasteiger partial charge in [0, 0.05) is 13.2 Å². The molecule has 1 N–H and O–H groups in total. The molecule has 2 atom stereocenters. The summed E-state index contributed by atoms with van der Waals surface area (Å²) in [6.45, 7) is 10.6. The van der Waals surface area contributed by atoms with E-state index in [1.54, 1.807) is 0 Å². The van der Waals surface area contributed by atoms with E-state index >= 15 is 0 Å². The molecule has 1 fully saturated rings. The highest BCUT2D eigenvalue weighted by molar-refractivity contribution is 5.84. The second-order valence-electron chi connectivity index (χ2n) is 5.52. The molecule has 4 nitrogen and oxygen atoms in total. The number of ether oxygens (including phenoxy) is 1. The third-order valence-electron chi connectivity index (χ3n) is 3.32. The van der Waals surface area contributed by atoms with Crippen molar-refractivity contribution >= 4 is 5.91 Å². The van der Waals surface area contributed by atoms with E-state index in [2.05, 4.69) is 26.1 Å². The van der Waals surface area contributed by atoms with Crippen molar-refractivity contribution in [3.05, 3.63) is 0 Å². The molecule has 0 radical (unpaired) electrons. The van der Waals surface area contributed by atoms with Crippen LogP contribution in [-0.2, 0) is 9.53 Å². The van der Waals surface area contributed by atoms with Gasteiger partial charge >= 0.3 is 0 Å². The van der Waals surface area contributed by atoms with Crippen LogP contribution in [0.15, 0.2) is 0 Å². The maximum atomic E-state index is 12.2. The van der Waals surface area contributed by atoms with Crippen molar-refractivity contribution in [2.45, 2.75) is 59.2 Å². The van der Waals surface area contributed by atoms with Gasteiger partial charge in [-0.2, -0.15) is 0 Å². The van der Waals surface area contributed by atoms with Gasteiger partial charge in [-0.25, -0.2) is 0 Å². The highest BCUT2D eigenvalue weighted by Gasteiger charge is 2.35. The van der Waals surface area contributed by atoms with Gasteiger partial charge < -0.3 is 9.64 Å². The number of carbonyl (C=O) groups is 1. The van der Waals surface area contributed by atoms with Gasteiger partial charge in [-0.3, -0.25) is 10.1 Å². The molecule has 1 amide bonds. The van der Waals surface area contributed by atoms with Crippen LogP contribution in [-0.4, -0.2) is 42.8 Å². The van der Waals surface area contributed by atoms with Crippen LogP contribution in [0.25, 0.3) is 0 Å². The van der Waals surface area contributed by atoms with Crippen molar-refractivity contribution in [1.29, 1.82) is 0 Å². The topological polar surface area (TPSA) is 41.6 Å². The largest absolute Gasteiger partial charge is 0.380 e. The Kier molecular flexibility index (Phi) is 6.65. The molecule has 1 heterocycles. The van der Waals surface area contributed by atoms with E-state index in [0.717, 1.165) is 25.9 Å². The van der Waals surface area contributed by atoms with E-state index in [1.165, 1.54) is 0 Å². The number of amides is 1. The molecule has 1 aliphatic rings. The molecule has 1 rings (SSSR count). The minimum Gasteiger partial charge on any atom is -0.380 e. The van der Waals surface area contributed by atoms with Crippen molar-refractivity contribution in [3.63, 3.8) is 0 Å². The Bertz CT molecular complexity index is 256. The summed E-state index contributed by atoms with van der Waals surface area (Å²) in [5.74, 6) is 0.773. The molecule has 0 aromatic carbocycles. The lowest BCUT2D eigenvalue weighted by molar-refractivity contribution is -0.130. The standard InChI is InChI=1S/C14H28N2O2/c1-5-6-8-18-9-7-16-12(4)15-13(14(16)17)10-11(2)3/h11-13,15H,5-10H2,1-4H3. The second-order valence-corrected chi connectivity index (χ2v) is 5.52. The van der Waals surface area contributed by atoms with Crippen molar-refractivity contribution in [2.75, 3.05) is 19.8 Å². The Morgan fingerprint density at radius 1 is 1.39 bits per heavy atom. The molecule has 18 heavy (non-hydrogen) atoms. The summed E-state index contributed by atoms with van der Waals surface area (Å²) in [6, 6.07) is -0.00404. The monoisotopic (exact) mass is 256 g/mol. The highest BCUT2D eigenvalue weighted by atomic mass is 16.5. The van der Waals surface area contributed by atoms with E-state index < -0.39 is 0 Å². The van der Waals surface area contributed by atoms with Gasteiger partial charge in [0.25, 0.3) is 0 Å².